The number of aromatic amines is 1. The Morgan fingerprint density at radius 2 is 1.79 bits per heavy atom. The monoisotopic (exact) mass is 448 g/mol. The van der Waals surface area contributed by atoms with Gasteiger partial charge in [-0.3, -0.25) is 4.79 Å². The van der Waals surface area contributed by atoms with E-state index in [1.165, 1.54) is 30.3 Å². The molecule has 168 valence electrons. The van der Waals surface area contributed by atoms with Crippen LogP contribution in [-0.2, 0) is 13.0 Å². The number of fused-ring (bicyclic) bond motifs is 3. The maximum Gasteiger partial charge on any atom is 0.162 e. The van der Waals surface area contributed by atoms with Crippen molar-refractivity contribution >= 4 is 16.7 Å². The normalized spacial score (nSPS) is 15.5. The Balaban J connectivity index is 1.32. The molecule has 0 radical (unpaired) electrons. The lowest BCUT2D eigenvalue weighted by molar-refractivity contribution is 0.0977. The molecule has 1 aliphatic heterocycles. The van der Waals surface area contributed by atoms with Crippen LogP contribution in [0.5, 0.6) is 0 Å². The van der Waals surface area contributed by atoms with Gasteiger partial charge in [0.25, 0.3) is 0 Å². The van der Waals surface area contributed by atoms with Crippen LogP contribution in [0.1, 0.15) is 40.9 Å². The molecular weight excluding hydrogens is 425 g/mol. The minimum atomic E-state index is -0.409. The van der Waals surface area contributed by atoms with Gasteiger partial charge in [0.05, 0.1) is 5.52 Å². The summed E-state index contributed by atoms with van der Waals surface area (Å²) < 4.78 is 41.4. The van der Waals surface area contributed by atoms with Crippen LogP contribution in [0.4, 0.5) is 13.2 Å². The largest absolute Gasteiger partial charge is 0.356 e. The molecule has 1 aromatic heterocycles. The summed E-state index contributed by atoms with van der Waals surface area (Å²) in [6, 6.07) is 15.3. The molecule has 0 spiro atoms. The van der Waals surface area contributed by atoms with E-state index >= 15 is 0 Å². The summed E-state index contributed by atoms with van der Waals surface area (Å²) in [5.41, 5.74) is 4.57. The number of hydrogen-bond donors (Lipinski definition) is 2. The predicted molar refractivity (Wildman–Crippen MR) is 123 cm³/mol. The fourth-order valence-electron chi connectivity index (χ4n) is 4.71. The van der Waals surface area contributed by atoms with Crippen molar-refractivity contribution in [2.75, 3.05) is 0 Å². The quantitative estimate of drug-likeness (QED) is 0.339. The first-order chi connectivity index (χ1) is 16.0. The van der Waals surface area contributed by atoms with Gasteiger partial charge < -0.3 is 10.3 Å². The van der Waals surface area contributed by atoms with E-state index in [0.29, 0.717) is 36.9 Å². The van der Waals surface area contributed by atoms with Crippen LogP contribution >= 0.6 is 0 Å². The summed E-state index contributed by atoms with van der Waals surface area (Å²) in [7, 11) is 0. The molecule has 6 heteroatoms. The minimum Gasteiger partial charge on any atom is -0.356 e. The van der Waals surface area contributed by atoms with E-state index in [9.17, 15) is 18.0 Å². The number of carbonyl (C=O) groups is 1. The number of rotatable bonds is 6. The van der Waals surface area contributed by atoms with E-state index in [2.05, 4.69) is 10.3 Å². The summed E-state index contributed by atoms with van der Waals surface area (Å²) in [6.45, 7) is 0.579. The Bertz CT molecular complexity index is 1330. The summed E-state index contributed by atoms with van der Waals surface area (Å²) in [5, 5.41) is 4.33. The molecule has 0 amide bonds. The van der Waals surface area contributed by atoms with E-state index in [0.717, 1.165) is 34.2 Å². The fraction of sp³-hybridized carbons (Fsp3) is 0.222. The van der Waals surface area contributed by atoms with Crippen LogP contribution in [0.15, 0.2) is 60.7 Å². The van der Waals surface area contributed by atoms with Crippen LogP contribution in [0.2, 0.25) is 0 Å². The number of nitrogens with one attached hydrogen (secondary N) is 2. The molecule has 3 nitrogen and oxygen atoms in total. The number of halogens is 3. The molecule has 4 aromatic rings. The lowest BCUT2D eigenvalue weighted by Crippen LogP contribution is -2.35. The van der Waals surface area contributed by atoms with Crippen molar-refractivity contribution in [2.24, 2.45) is 0 Å². The van der Waals surface area contributed by atoms with Crippen molar-refractivity contribution in [1.29, 1.82) is 0 Å². The van der Waals surface area contributed by atoms with Crippen molar-refractivity contribution in [2.45, 2.75) is 38.3 Å². The van der Waals surface area contributed by atoms with Crippen molar-refractivity contribution < 1.29 is 18.0 Å². The van der Waals surface area contributed by atoms with Gasteiger partial charge in [-0.05, 0) is 59.9 Å². The molecule has 0 aliphatic carbocycles. The number of Topliss-reactive ketones (excluding diaryl/α,β-unsaturated/α-hetero) is 1. The molecule has 5 rings (SSSR count). The SMILES string of the molecule is O=C(CCCC1Cc2[nH]c3c(F)ccc(-c4ccc(F)cc4)c3c2CN1)c1cccc(F)c1. The molecule has 3 aromatic carbocycles. The summed E-state index contributed by atoms with van der Waals surface area (Å²) in [6.07, 6.45) is 2.51. The van der Waals surface area contributed by atoms with Gasteiger partial charge in [0.1, 0.15) is 17.5 Å². The Morgan fingerprint density at radius 1 is 0.970 bits per heavy atom. The number of carbonyl (C=O) groups excluding carboxylic acids is 1. The number of H-pyrrole nitrogens is 1. The predicted octanol–water partition coefficient (Wildman–Crippen LogP) is 6.32. The molecule has 0 saturated carbocycles. The summed E-state index contributed by atoms with van der Waals surface area (Å²) in [5.74, 6) is -1.10. The molecule has 2 heterocycles. The Labute approximate surface area is 189 Å². The molecule has 0 fully saturated rings. The lowest BCUT2D eigenvalue weighted by Gasteiger charge is -2.24. The van der Waals surface area contributed by atoms with Gasteiger partial charge >= 0.3 is 0 Å². The first kappa shape index (κ1) is 21.5. The Hall–Kier alpha value is -3.38. The maximum atomic E-state index is 14.6. The first-order valence-electron chi connectivity index (χ1n) is 11.1. The third kappa shape index (κ3) is 4.31. The fourth-order valence-corrected chi connectivity index (χ4v) is 4.71. The van der Waals surface area contributed by atoms with E-state index in [-0.39, 0.29) is 23.5 Å². The molecule has 1 unspecified atom stereocenters. The second-order valence-electron chi connectivity index (χ2n) is 8.54. The molecule has 0 bridgehead atoms. The molecule has 1 atom stereocenters. The molecule has 2 N–H and O–H groups in total. The Kier molecular flexibility index (Phi) is 5.77. The van der Waals surface area contributed by atoms with Crippen molar-refractivity contribution in [3.63, 3.8) is 0 Å². The standard InChI is InChI=1S/C27H23F3N2O/c28-18-9-7-16(8-10-18)21-11-12-23(30)27-26(21)22-15-31-20(14-24(22)32-27)5-2-6-25(33)17-3-1-4-19(29)13-17/h1,3-4,7-13,20,31-32H,2,5-6,14-15H2. The highest BCUT2D eigenvalue weighted by Crippen LogP contribution is 2.36. The number of benzene rings is 3. The maximum absolute atomic E-state index is 14.6. The molecular formula is C27H23F3N2O. The average molecular weight is 448 g/mol. The zero-order valence-corrected chi connectivity index (χ0v) is 17.9. The number of ketones is 1. The molecule has 33 heavy (non-hydrogen) atoms. The smallest absolute Gasteiger partial charge is 0.162 e. The first-order valence-corrected chi connectivity index (χ1v) is 11.1. The number of aromatic nitrogens is 1. The van der Waals surface area contributed by atoms with Crippen LogP contribution in [0.3, 0.4) is 0 Å². The third-order valence-electron chi connectivity index (χ3n) is 6.37. The van der Waals surface area contributed by atoms with Gasteiger partial charge in [-0.2, -0.15) is 0 Å². The van der Waals surface area contributed by atoms with Crippen LogP contribution < -0.4 is 5.32 Å². The van der Waals surface area contributed by atoms with E-state index in [1.807, 2.05) is 0 Å². The highest BCUT2D eigenvalue weighted by Gasteiger charge is 2.25. The van der Waals surface area contributed by atoms with Gasteiger partial charge in [-0.25, -0.2) is 13.2 Å². The average Bonchev–Trinajstić information content (AvgIpc) is 3.20. The van der Waals surface area contributed by atoms with Crippen molar-refractivity contribution in [1.82, 2.24) is 10.3 Å². The van der Waals surface area contributed by atoms with Crippen LogP contribution in [-0.4, -0.2) is 16.8 Å². The lowest BCUT2D eigenvalue weighted by atomic mass is 9.93. The highest BCUT2D eigenvalue weighted by atomic mass is 19.1. The van der Waals surface area contributed by atoms with Gasteiger partial charge in [0, 0.05) is 42.1 Å². The topological polar surface area (TPSA) is 44.9 Å². The van der Waals surface area contributed by atoms with Gasteiger partial charge in [-0.15, -0.1) is 0 Å². The van der Waals surface area contributed by atoms with Crippen molar-refractivity contribution in [3.05, 3.63) is 94.9 Å². The van der Waals surface area contributed by atoms with Gasteiger partial charge in [0.15, 0.2) is 5.78 Å². The zero-order chi connectivity index (χ0) is 22.9. The zero-order valence-electron chi connectivity index (χ0n) is 17.9. The summed E-state index contributed by atoms with van der Waals surface area (Å²) >= 11 is 0. The van der Waals surface area contributed by atoms with Gasteiger partial charge in [0.2, 0.25) is 0 Å². The second kappa shape index (κ2) is 8.87. The van der Waals surface area contributed by atoms with Crippen LogP contribution in [0, 0.1) is 17.5 Å². The highest BCUT2D eigenvalue weighted by molar-refractivity contribution is 5.99. The minimum absolute atomic E-state index is 0.0670. The second-order valence-corrected chi connectivity index (χ2v) is 8.54. The summed E-state index contributed by atoms with van der Waals surface area (Å²) in [4.78, 5) is 15.6. The third-order valence-corrected chi connectivity index (χ3v) is 6.37. The van der Waals surface area contributed by atoms with Crippen molar-refractivity contribution in [3.8, 4) is 11.1 Å². The Morgan fingerprint density at radius 3 is 2.58 bits per heavy atom. The van der Waals surface area contributed by atoms with E-state index in [4.69, 9.17) is 0 Å². The molecule has 1 aliphatic rings. The molecule has 0 saturated heterocycles. The van der Waals surface area contributed by atoms with E-state index in [1.54, 1.807) is 30.3 Å². The van der Waals surface area contributed by atoms with Gasteiger partial charge in [-0.1, -0.05) is 30.3 Å². The number of hydrogen-bond acceptors (Lipinski definition) is 2. The van der Waals surface area contributed by atoms with E-state index < -0.39 is 5.82 Å². The van der Waals surface area contributed by atoms with Crippen LogP contribution in [0.25, 0.3) is 22.0 Å².